The molecule has 0 atom stereocenters. The van der Waals surface area contributed by atoms with Crippen LogP contribution in [0.5, 0.6) is 0 Å². The standard InChI is InChI=1S/C13H30N2/c1-11(2)9-13(10-12(3)4)15-8-6-5-7-14/h11-13,15H,5-10,14H2,1-4H3. The van der Waals surface area contributed by atoms with Gasteiger partial charge in [0.1, 0.15) is 0 Å². The van der Waals surface area contributed by atoms with E-state index in [-0.39, 0.29) is 0 Å². The molecule has 0 saturated carbocycles. The van der Waals surface area contributed by atoms with Crippen LogP contribution >= 0.6 is 0 Å². The molecule has 0 aromatic heterocycles. The predicted molar refractivity (Wildman–Crippen MR) is 69.0 cm³/mol. The van der Waals surface area contributed by atoms with Crippen LogP contribution in [0.25, 0.3) is 0 Å². The Bertz CT molecular complexity index is 122. The van der Waals surface area contributed by atoms with Gasteiger partial charge in [-0.05, 0) is 50.6 Å². The van der Waals surface area contributed by atoms with E-state index in [4.69, 9.17) is 5.73 Å². The summed E-state index contributed by atoms with van der Waals surface area (Å²) in [5.74, 6) is 1.58. The fraction of sp³-hybridized carbons (Fsp3) is 1.00. The average molecular weight is 214 g/mol. The Morgan fingerprint density at radius 3 is 1.87 bits per heavy atom. The highest BCUT2D eigenvalue weighted by molar-refractivity contribution is 4.70. The van der Waals surface area contributed by atoms with E-state index >= 15 is 0 Å². The zero-order valence-electron chi connectivity index (χ0n) is 11.1. The van der Waals surface area contributed by atoms with E-state index in [1.54, 1.807) is 0 Å². The van der Waals surface area contributed by atoms with Crippen LogP contribution in [-0.4, -0.2) is 19.1 Å². The van der Waals surface area contributed by atoms with Crippen molar-refractivity contribution >= 4 is 0 Å². The minimum absolute atomic E-state index is 0.697. The summed E-state index contributed by atoms with van der Waals surface area (Å²) >= 11 is 0. The van der Waals surface area contributed by atoms with Crippen LogP contribution in [0.4, 0.5) is 0 Å². The predicted octanol–water partition coefficient (Wildman–Crippen LogP) is 2.78. The summed E-state index contributed by atoms with van der Waals surface area (Å²) < 4.78 is 0. The monoisotopic (exact) mass is 214 g/mol. The lowest BCUT2D eigenvalue weighted by molar-refractivity contribution is 0.357. The number of nitrogens with one attached hydrogen (secondary N) is 1. The second kappa shape index (κ2) is 9.17. The van der Waals surface area contributed by atoms with E-state index in [1.165, 1.54) is 19.3 Å². The van der Waals surface area contributed by atoms with Gasteiger partial charge in [0.25, 0.3) is 0 Å². The first-order chi connectivity index (χ1) is 7.06. The van der Waals surface area contributed by atoms with Gasteiger partial charge in [-0.2, -0.15) is 0 Å². The lowest BCUT2D eigenvalue weighted by atomic mass is 9.95. The van der Waals surface area contributed by atoms with Crippen LogP contribution in [-0.2, 0) is 0 Å². The molecule has 0 aromatic carbocycles. The zero-order valence-corrected chi connectivity index (χ0v) is 11.1. The second-order valence-electron chi connectivity index (χ2n) is 5.41. The van der Waals surface area contributed by atoms with Gasteiger partial charge < -0.3 is 11.1 Å². The van der Waals surface area contributed by atoms with Crippen LogP contribution in [0.3, 0.4) is 0 Å². The Morgan fingerprint density at radius 1 is 0.933 bits per heavy atom. The molecule has 0 heterocycles. The Hall–Kier alpha value is -0.0800. The van der Waals surface area contributed by atoms with Gasteiger partial charge in [-0.15, -0.1) is 0 Å². The lowest BCUT2D eigenvalue weighted by Crippen LogP contribution is -2.32. The van der Waals surface area contributed by atoms with Gasteiger partial charge in [-0.1, -0.05) is 27.7 Å². The molecule has 3 N–H and O–H groups in total. The first-order valence-corrected chi connectivity index (χ1v) is 6.49. The Balaban J connectivity index is 3.69. The summed E-state index contributed by atoms with van der Waals surface area (Å²) in [5, 5.41) is 3.66. The minimum Gasteiger partial charge on any atom is -0.330 e. The molecular weight excluding hydrogens is 184 g/mol. The van der Waals surface area contributed by atoms with E-state index in [0.717, 1.165) is 31.3 Å². The summed E-state index contributed by atoms with van der Waals surface area (Å²) in [6.07, 6.45) is 4.94. The molecule has 2 heteroatoms. The molecule has 0 aliphatic rings. The summed E-state index contributed by atoms with van der Waals surface area (Å²) in [4.78, 5) is 0. The maximum atomic E-state index is 5.48. The number of nitrogens with two attached hydrogens (primary N) is 1. The molecule has 0 saturated heterocycles. The van der Waals surface area contributed by atoms with E-state index < -0.39 is 0 Å². The number of hydrogen-bond acceptors (Lipinski definition) is 2. The highest BCUT2D eigenvalue weighted by atomic mass is 14.9. The number of unbranched alkanes of at least 4 members (excludes halogenated alkanes) is 1. The van der Waals surface area contributed by atoms with Crippen LogP contribution in [0, 0.1) is 11.8 Å². The molecular formula is C13H30N2. The summed E-state index contributed by atoms with van der Waals surface area (Å²) in [7, 11) is 0. The van der Waals surface area contributed by atoms with Crippen molar-refractivity contribution in [2.45, 2.75) is 59.4 Å². The van der Waals surface area contributed by atoms with E-state index in [9.17, 15) is 0 Å². The SMILES string of the molecule is CC(C)CC(CC(C)C)NCCCCN. The van der Waals surface area contributed by atoms with Crippen molar-refractivity contribution in [1.29, 1.82) is 0 Å². The third-order valence-corrected chi connectivity index (χ3v) is 2.58. The molecule has 0 spiro atoms. The molecule has 0 aromatic rings. The van der Waals surface area contributed by atoms with E-state index in [0.29, 0.717) is 6.04 Å². The maximum Gasteiger partial charge on any atom is 0.00719 e. The van der Waals surface area contributed by atoms with Crippen molar-refractivity contribution in [3.63, 3.8) is 0 Å². The summed E-state index contributed by atoms with van der Waals surface area (Å²) in [6.45, 7) is 11.1. The molecule has 0 amide bonds. The fourth-order valence-electron chi connectivity index (χ4n) is 1.98. The molecule has 0 rings (SSSR count). The van der Waals surface area contributed by atoms with Crippen LogP contribution < -0.4 is 11.1 Å². The Labute approximate surface area is 96.0 Å². The third-order valence-electron chi connectivity index (χ3n) is 2.58. The Kier molecular flexibility index (Phi) is 9.12. The van der Waals surface area contributed by atoms with Gasteiger partial charge >= 0.3 is 0 Å². The molecule has 0 aliphatic heterocycles. The quantitative estimate of drug-likeness (QED) is 0.579. The number of rotatable bonds is 9. The van der Waals surface area contributed by atoms with Gasteiger partial charge in [0, 0.05) is 6.04 Å². The Morgan fingerprint density at radius 2 is 1.47 bits per heavy atom. The van der Waals surface area contributed by atoms with Crippen LogP contribution in [0.2, 0.25) is 0 Å². The van der Waals surface area contributed by atoms with E-state index in [1.807, 2.05) is 0 Å². The van der Waals surface area contributed by atoms with Crippen LogP contribution in [0.1, 0.15) is 53.4 Å². The van der Waals surface area contributed by atoms with Gasteiger partial charge in [0.15, 0.2) is 0 Å². The molecule has 0 bridgehead atoms. The summed E-state index contributed by atoms with van der Waals surface area (Å²) in [5.41, 5.74) is 5.48. The normalized spacial score (nSPS) is 12.0. The first kappa shape index (κ1) is 14.9. The molecule has 15 heavy (non-hydrogen) atoms. The minimum atomic E-state index is 0.697. The highest BCUT2D eigenvalue weighted by Crippen LogP contribution is 2.13. The van der Waals surface area contributed by atoms with Crippen LogP contribution in [0.15, 0.2) is 0 Å². The lowest BCUT2D eigenvalue weighted by Gasteiger charge is -2.22. The molecule has 2 nitrogen and oxygen atoms in total. The first-order valence-electron chi connectivity index (χ1n) is 6.49. The van der Waals surface area contributed by atoms with Gasteiger partial charge in [0.05, 0.1) is 0 Å². The second-order valence-corrected chi connectivity index (χ2v) is 5.41. The van der Waals surface area contributed by atoms with Crippen molar-refractivity contribution in [2.75, 3.05) is 13.1 Å². The zero-order chi connectivity index (χ0) is 11.7. The molecule has 0 aliphatic carbocycles. The molecule has 0 radical (unpaired) electrons. The van der Waals surface area contributed by atoms with Crippen molar-refractivity contribution in [3.05, 3.63) is 0 Å². The van der Waals surface area contributed by atoms with Crippen molar-refractivity contribution in [3.8, 4) is 0 Å². The van der Waals surface area contributed by atoms with Crippen molar-refractivity contribution in [1.82, 2.24) is 5.32 Å². The molecule has 0 unspecified atom stereocenters. The largest absolute Gasteiger partial charge is 0.330 e. The smallest absolute Gasteiger partial charge is 0.00719 e. The average Bonchev–Trinajstić information content (AvgIpc) is 2.10. The van der Waals surface area contributed by atoms with Crippen molar-refractivity contribution in [2.24, 2.45) is 17.6 Å². The van der Waals surface area contributed by atoms with Gasteiger partial charge in [0.2, 0.25) is 0 Å². The maximum absolute atomic E-state index is 5.48. The highest BCUT2D eigenvalue weighted by Gasteiger charge is 2.11. The van der Waals surface area contributed by atoms with E-state index in [2.05, 4.69) is 33.0 Å². The fourth-order valence-corrected chi connectivity index (χ4v) is 1.98. The van der Waals surface area contributed by atoms with Gasteiger partial charge in [-0.25, -0.2) is 0 Å². The molecule has 92 valence electrons. The summed E-state index contributed by atoms with van der Waals surface area (Å²) in [6, 6.07) is 0.697. The van der Waals surface area contributed by atoms with Gasteiger partial charge in [-0.3, -0.25) is 0 Å². The van der Waals surface area contributed by atoms with Crippen molar-refractivity contribution < 1.29 is 0 Å². The topological polar surface area (TPSA) is 38.0 Å². The number of hydrogen-bond donors (Lipinski definition) is 2. The molecule has 0 fully saturated rings. The third kappa shape index (κ3) is 10.2.